The fourth-order valence-electron chi connectivity index (χ4n) is 0.927. The molecular formula is C6H8N2O3. The molecule has 0 fully saturated rings. The average molecular weight is 156 g/mol. The predicted molar refractivity (Wildman–Crippen MR) is 37.7 cm³/mol. The molecule has 1 aliphatic heterocycles. The van der Waals surface area contributed by atoms with Gasteiger partial charge in [-0.3, -0.25) is 5.01 Å². The minimum Gasteiger partial charge on any atom is -0.478 e. The molecule has 0 radical (unpaired) electrons. The first kappa shape index (κ1) is 7.71. The molecule has 0 aliphatic carbocycles. The van der Waals surface area contributed by atoms with Gasteiger partial charge >= 0.3 is 5.97 Å². The number of aliphatic carboxylic acids is 1. The lowest BCUT2D eigenvalue weighted by Gasteiger charge is -2.17. The summed E-state index contributed by atoms with van der Waals surface area (Å²) in [6, 6.07) is 0. The second-order valence-electron chi connectivity index (χ2n) is 2.28. The molecule has 11 heavy (non-hydrogen) atoms. The molecule has 5 heteroatoms. The summed E-state index contributed by atoms with van der Waals surface area (Å²) in [6.07, 6.45) is 1.90. The molecule has 0 aromatic carbocycles. The molecule has 0 aromatic rings. The molecule has 0 saturated carbocycles. The Balaban J connectivity index is 2.57. The largest absolute Gasteiger partial charge is 0.478 e. The van der Waals surface area contributed by atoms with Crippen molar-refractivity contribution in [1.82, 2.24) is 5.01 Å². The number of carbonyl (C=O) groups is 1. The van der Waals surface area contributed by atoms with Gasteiger partial charge in [0.15, 0.2) is 0 Å². The second-order valence-corrected chi connectivity index (χ2v) is 2.28. The van der Waals surface area contributed by atoms with Crippen molar-refractivity contribution in [3.63, 3.8) is 0 Å². The maximum Gasteiger partial charge on any atom is 0.331 e. The normalized spacial score (nSPS) is 17.5. The minimum absolute atomic E-state index is 0.311. The molecule has 0 atom stereocenters. The van der Waals surface area contributed by atoms with Gasteiger partial charge in [0.05, 0.1) is 11.8 Å². The molecule has 0 unspecified atom stereocenters. The number of carboxylic acids is 1. The molecule has 5 nitrogen and oxygen atoms in total. The third-order valence-corrected chi connectivity index (χ3v) is 1.58. The molecule has 1 heterocycles. The topological polar surface area (TPSA) is 70.0 Å². The Bertz CT molecular complexity index is 212. The highest BCUT2D eigenvalue weighted by atomic mass is 16.4. The molecule has 0 bridgehead atoms. The first-order chi connectivity index (χ1) is 5.24. The SMILES string of the molecule is O=NN1CC=C(C(=O)O)CC1. The number of nitroso groups, excluding NO2 is 1. The van der Waals surface area contributed by atoms with Gasteiger partial charge in [-0.2, -0.15) is 0 Å². The summed E-state index contributed by atoms with van der Waals surface area (Å²) in [5.74, 6) is -0.907. The molecule has 0 saturated heterocycles. The molecule has 0 aromatic heterocycles. The highest BCUT2D eigenvalue weighted by Crippen LogP contribution is 2.10. The predicted octanol–water partition coefficient (Wildman–Crippen LogP) is 0.385. The number of carboxylic acid groups (broad SMARTS) is 1. The average Bonchev–Trinajstić information content (AvgIpc) is 2.05. The van der Waals surface area contributed by atoms with Crippen LogP contribution in [0.4, 0.5) is 0 Å². The summed E-state index contributed by atoms with van der Waals surface area (Å²) in [6.45, 7) is 0.715. The van der Waals surface area contributed by atoms with Crippen molar-refractivity contribution in [3.8, 4) is 0 Å². The van der Waals surface area contributed by atoms with Crippen molar-refractivity contribution >= 4 is 5.97 Å². The molecule has 0 amide bonds. The van der Waals surface area contributed by atoms with Crippen molar-refractivity contribution in [1.29, 1.82) is 0 Å². The van der Waals surface area contributed by atoms with Crippen LogP contribution in [0.15, 0.2) is 16.9 Å². The van der Waals surface area contributed by atoms with Gasteiger partial charge in [0.2, 0.25) is 0 Å². The Kier molecular flexibility index (Phi) is 2.20. The molecule has 1 N–H and O–H groups in total. The van der Waals surface area contributed by atoms with Gasteiger partial charge in [0.25, 0.3) is 0 Å². The lowest BCUT2D eigenvalue weighted by atomic mass is 10.1. The molecule has 0 spiro atoms. The Morgan fingerprint density at radius 1 is 1.73 bits per heavy atom. The van der Waals surface area contributed by atoms with Gasteiger partial charge in [-0.05, 0) is 6.42 Å². The molecule has 1 rings (SSSR count). The van der Waals surface area contributed by atoms with E-state index in [0.29, 0.717) is 25.1 Å². The van der Waals surface area contributed by atoms with Crippen LogP contribution in [0.2, 0.25) is 0 Å². The Morgan fingerprint density at radius 2 is 2.45 bits per heavy atom. The van der Waals surface area contributed by atoms with Crippen LogP contribution in [-0.2, 0) is 4.79 Å². The lowest BCUT2D eigenvalue weighted by molar-refractivity contribution is -0.133. The first-order valence-electron chi connectivity index (χ1n) is 3.24. The van der Waals surface area contributed by atoms with E-state index in [2.05, 4.69) is 5.29 Å². The maximum absolute atomic E-state index is 10.4. The van der Waals surface area contributed by atoms with Crippen LogP contribution < -0.4 is 0 Å². The monoisotopic (exact) mass is 156 g/mol. The van der Waals surface area contributed by atoms with Crippen LogP contribution >= 0.6 is 0 Å². The zero-order chi connectivity index (χ0) is 8.27. The van der Waals surface area contributed by atoms with Gasteiger partial charge in [0, 0.05) is 12.1 Å². The van der Waals surface area contributed by atoms with Crippen molar-refractivity contribution in [2.75, 3.05) is 13.1 Å². The summed E-state index contributed by atoms with van der Waals surface area (Å²) < 4.78 is 0. The Morgan fingerprint density at radius 3 is 2.82 bits per heavy atom. The van der Waals surface area contributed by atoms with Gasteiger partial charge < -0.3 is 5.11 Å². The molecular weight excluding hydrogens is 148 g/mol. The quantitative estimate of drug-likeness (QED) is 0.587. The lowest BCUT2D eigenvalue weighted by Crippen LogP contribution is -2.24. The van der Waals surface area contributed by atoms with Crippen LogP contribution in [0.3, 0.4) is 0 Å². The van der Waals surface area contributed by atoms with E-state index in [1.165, 1.54) is 11.1 Å². The van der Waals surface area contributed by atoms with E-state index < -0.39 is 5.97 Å². The summed E-state index contributed by atoms with van der Waals surface area (Å²) in [5.41, 5.74) is 0.366. The van der Waals surface area contributed by atoms with Gasteiger partial charge in [-0.15, -0.1) is 4.91 Å². The summed E-state index contributed by atoms with van der Waals surface area (Å²) in [7, 11) is 0. The van der Waals surface area contributed by atoms with Crippen LogP contribution in [0.25, 0.3) is 0 Å². The number of nitrogens with zero attached hydrogens (tertiary/aromatic N) is 2. The van der Waals surface area contributed by atoms with E-state index in [0.717, 1.165) is 0 Å². The fraction of sp³-hybridized carbons (Fsp3) is 0.500. The standard InChI is InChI=1S/C6H8N2O3/c9-6(10)5-1-3-8(7-11)4-2-5/h1H,2-4H2,(H,9,10). The summed E-state index contributed by atoms with van der Waals surface area (Å²) in [5, 5.41) is 12.5. The Hall–Kier alpha value is -1.39. The van der Waals surface area contributed by atoms with Crippen molar-refractivity contribution in [3.05, 3.63) is 16.6 Å². The van der Waals surface area contributed by atoms with Crippen molar-refractivity contribution in [2.24, 2.45) is 5.29 Å². The second kappa shape index (κ2) is 3.14. The molecule has 60 valence electrons. The van der Waals surface area contributed by atoms with E-state index in [-0.39, 0.29) is 0 Å². The van der Waals surface area contributed by atoms with Crippen molar-refractivity contribution in [2.45, 2.75) is 6.42 Å². The number of rotatable bonds is 2. The summed E-state index contributed by atoms with van der Waals surface area (Å²) >= 11 is 0. The van der Waals surface area contributed by atoms with E-state index in [1.54, 1.807) is 0 Å². The first-order valence-corrected chi connectivity index (χ1v) is 3.24. The van der Waals surface area contributed by atoms with E-state index in [1.807, 2.05) is 0 Å². The van der Waals surface area contributed by atoms with Gasteiger partial charge in [-0.25, -0.2) is 4.79 Å². The van der Waals surface area contributed by atoms with Crippen LogP contribution in [0.5, 0.6) is 0 Å². The van der Waals surface area contributed by atoms with Crippen LogP contribution in [-0.4, -0.2) is 29.2 Å². The zero-order valence-corrected chi connectivity index (χ0v) is 5.86. The zero-order valence-electron chi connectivity index (χ0n) is 5.86. The van der Waals surface area contributed by atoms with Crippen LogP contribution in [0, 0.1) is 4.91 Å². The fourth-order valence-corrected chi connectivity index (χ4v) is 0.927. The highest BCUT2D eigenvalue weighted by Gasteiger charge is 2.14. The maximum atomic E-state index is 10.4. The highest BCUT2D eigenvalue weighted by molar-refractivity contribution is 5.86. The van der Waals surface area contributed by atoms with Gasteiger partial charge in [-0.1, -0.05) is 6.08 Å². The summed E-state index contributed by atoms with van der Waals surface area (Å²) in [4.78, 5) is 20.3. The third kappa shape index (κ3) is 1.76. The smallest absolute Gasteiger partial charge is 0.331 e. The van der Waals surface area contributed by atoms with E-state index in [4.69, 9.17) is 5.11 Å². The van der Waals surface area contributed by atoms with Gasteiger partial charge in [0.1, 0.15) is 0 Å². The third-order valence-electron chi connectivity index (χ3n) is 1.58. The van der Waals surface area contributed by atoms with Crippen LogP contribution in [0.1, 0.15) is 6.42 Å². The van der Waals surface area contributed by atoms with Crippen molar-refractivity contribution < 1.29 is 9.90 Å². The molecule has 1 aliphatic rings. The number of hydrogen-bond acceptors (Lipinski definition) is 3. The van der Waals surface area contributed by atoms with E-state index in [9.17, 15) is 9.70 Å². The number of hydrogen-bond donors (Lipinski definition) is 1. The minimum atomic E-state index is -0.907. The van der Waals surface area contributed by atoms with E-state index >= 15 is 0 Å². The Labute approximate surface area is 63.2 Å².